The van der Waals surface area contributed by atoms with Gasteiger partial charge in [-0.25, -0.2) is 0 Å². The van der Waals surface area contributed by atoms with E-state index < -0.39 is 12.1 Å². The number of nitrogens with zero attached hydrogens (tertiary/aromatic N) is 2. The van der Waals surface area contributed by atoms with Crippen molar-refractivity contribution in [3.8, 4) is 0 Å². The summed E-state index contributed by atoms with van der Waals surface area (Å²) in [5, 5.41) is 0.533. The summed E-state index contributed by atoms with van der Waals surface area (Å²) < 4.78 is 5.66. The Morgan fingerprint density at radius 3 is 2.72 bits per heavy atom. The van der Waals surface area contributed by atoms with Crippen molar-refractivity contribution in [3.05, 3.63) is 29.3 Å². The number of rotatable bonds is 4. The van der Waals surface area contributed by atoms with Gasteiger partial charge in [0.05, 0.1) is 16.8 Å². The van der Waals surface area contributed by atoms with Gasteiger partial charge >= 0.3 is 0 Å². The standard InChI is InChI=1S/C17H22ClN3O3.ClH/c1-20(17(23)15-7-6-11(10-19)24-15)14-8-9-21(16(14)22)13-5-3-2-4-12(13)18;/h2-5,11,14-15H,6-10,19H2,1H3;1H/t11-,14?,15+;/m1./s1. The van der Waals surface area contributed by atoms with Crippen molar-refractivity contribution in [3.63, 3.8) is 0 Å². The van der Waals surface area contributed by atoms with Crippen LogP contribution in [0.5, 0.6) is 0 Å². The predicted octanol–water partition coefficient (Wildman–Crippen LogP) is 1.83. The van der Waals surface area contributed by atoms with Gasteiger partial charge in [-0.05, 0) is 31.4 Å². The number of likely N-dealkylation sites (N-methyl/N-ethyl adjacent to an activating group) is 1. The topological polar surface area (TPSA) is 75.9 Å². The number of halogens is 2. The molecule has 0 aromatic heterocycles. The molecule has 0 spiro atoms. The van der Waals surface area contributed by atoms with Gasteiger partial charge in [0.25, 0.3) is 5.91 Å². The Bertz CT molecular complexity index is 643. The second kappa shape index (κ2) is 8.36. The van der Waals surface area contributed by atoms with Crippen LogP contribution < -0.4 is 10.6 Å². The van der Waals surface area contributed by atoms with Crippen LogP contribution in [0.25, 0.3) is 0 Å². The third kappa shape index (κ3) is 3.92. The van der Waals surface area contributed by atoms with Gasteiger partial charge in [-0.3, -0.25) is 9.59 Å². The Kier molecular flexibility index (Phi) is 6.68. The van der Waals surface area contributed by atoms with E-state index in [2.05, 4.69) is 0 Å². The van der Waals surface area contributed by atoms with Gasteiger partial charge in [-0.1, -0.05) is 23.7 Å². The van der Waals surface area contributed by atoms with E-state index in [0.717, 1.165) is 6.42 Å². The molecule has 2 fully saturated rings. The lowest BCUT2D eigenvalue weighted by Gasteiger charge is -2.26. The Morgan fingerprint density at radius 2 is 2.08 bits per heavy atom. The van der Waals surface area contributed by atoms with E-state index in [9.17, 15) is 9.59 Å². The van der Waals surface area contributed by atoms with Crippen molar-refractivity contribution in [2.45, 2.75) is 37.5 Å². The number of carbonyl (C=O) groups is 2. The highest BCUT2D eigenvalue weighted by atomic mass is 35.5. The summed E-state index contributed by atoms with van der Waals surface area (Å²) in [6.45, 7) is 0.956. The van der Waals surface area contributed by atoms with Crippen LogP contribution in [0, 0.1) is 0 Å². The molecule has 25 heavy (non-hydrogen) atoms. The molecule has 2 N–H and O–H groups in total. The SMILES string of the molecule is CN(C(=O)[C@@H]1CC[C@H](CN)O1)C1CCN(c2ccccc2Cl)C1=O.Cl. The maximum absolute atomic E-state index is 12.8. The molecule has 2 amide bonds. The van der Waals surface area contributed by atoms with Crippen molar-refractivity contribution < 1.29 is 14.3 Å². The molecule has 8 heteroatoms. The predicted molar refractivity (Wildman–Crippen MR) is 99.2 cm³/mol. The Labute approximate surface area is 158 Å². The van der Waals surface area contributed by atoms with Crippen LogP contribution in [0.3, 0.4) is 0 Å². The number of benzene rings is 1. The molecule has 2 aliphatic heterocycles. The van der Waals surface area contributed by atoms with E-state index in [1.807, 2.05) is 18.2 Å². The van der Waals surface area contributed by atoms with E-state index in [0.29, 0.717) is 36.6 Å². The van der Waals surface area contributed by atoms with Crippen LogP contribution in [0.4, 0.5) is 5.69 Å². The molecule has 1 unspecified atom stereocenters. The summed E-state index contributed by atoms with van der Waals surface area (Å²) in [5.41, 5.74) is 6.28. The molecule has 2 heterocycles. The minimum atomic E-state index is -0.495. The van der Waals surface area contributed by atoms with Gasteiger partial charge in [0.2, 0.25) is 5.91 Å². The molecule has 3 rings (SSSR count). The molecule has 2 saturated heterocycles. The third-order valence-corrected chi connectivity index (χ3v) is 5.10. The summed E-state index contributed by atoms with van der Waals surface area (Å²) in [4.78, 5) is 28.5. The third-order valence-electron chi connectivity index (χ3n) is 4.78. The van der Waals surface area contributed by atoms with E-state index >= 15 is 0 Å². The highest BCUT2D eigenvalue weighted by Gasteiger charge is 2.41. The van der Waals surface area contributed by atoms with Crippen molar-refractivity contribution in [1.29, 1.82) is 0 Å². The maximum atomic E-state index is 12.8. The summed E-state index contributed by atoms with van der Waals surface area (Å²) >= 11 is 6.19. The van der Waals surface area contributed by atoms with E-state index in [4.69, 9.17) is 22.1 Å². The second-order valence-corrected chi connectivity index (χ2v) is 6.66. The zero-order chi connectivity index (χ0) is 17.3. The number of ether oxygens (including phenoxy) is 1. The number of carbonyl (C=O) groups excluding carboxylic acids is 2. The molecule has 3 atom stereocenters. The number of hydrogen-bond donors (Lipinski definition) is 1. The number of nitrogens with two attached hydrogens (primary N) is 1. The van der Waals surface area contributed by atoms with Crippen LogP contribution in [0.15, 0.2) is 24.3 Å². The second-order valence-electron chi connectivity index (χ2n) is 6.25. The molecule has 2 aliphatic rings. The lowest BCUT2D eigenvalue weighted by atomic mass is 10.1. The van der Waals surface area contributed by atoms with E-state index in [1.165, 1.54) is 4.90 Å². The summed E-state index contributed by atoms with van der Waals surface area (Å²) in [6.07, 6.45) is 1.46. The fourth-order valence-corrected chi connectivity index (χ4v) is 3.61. The lowest BCUT2D eigenvalue weighted by molar-refractivity contribution is -0.146. The van der Waals surface area contributed by atoms with Crippen LogP contribution in [-0.2, 0) is 14.3 Å². The summed E-state index contributed by atoms with van der Waals surface area (Å²) in [5.74, 6) is -0.252. The molecule has 0 bridgehead atoms. The highest BCUT2D eigenvalue weighted by molar-refractivity contribution is 6.34. The van der Waals surface area contributed by atoms with Crippen LogP contribution in [0.1, 0.15) is 19.3 Å². The molecule has 0 aliphatic carbocycles. The fourth-order valence-electron chi connectivity index (χ4n) is 3.38. The van der Waals surface area contributed by atoms with Crippen molar-refractivity contribution in [2.75, 3.05) is 25.0 Å². The lowest BCUT2D eigenvalue weighted by Crippen LogP contribution is -2.47. The first-order chi connectivity index (χ1) is 11.5. The average Bonchev–Trinajstić information content (AvgIpc) is 3.21. The Balaban J connectivity index is 0.00000225. The average molecular weight is 388 g/mol. The smallest absolute Gasteiger partial charge is 0.252 e. The summed E-state index contributed by atoms with van der Waals surface area (Å²) in [7, 11) is 1.67. The Hall–Kier alpha value is -1.34. The van der Waals surface area contributed by atoms with Gasteiger partial charge < -0.3 is 20.3 Å². The molecular weight excluding hydrogens is 365 g/mol. The monoisotopic (exact) mass is 387 g/mol. The zero-order valence-electron chi connectivity index (χ0n) is 14.1. The van der Waals surface area contributed by atoms with Gasteiger partial charge in [0, 0.05) is 20.1 Å². The molecular formula is C17H23Cl2N3O3. The van der Waals surface area contributed by atoms with Gasteiger partial charge in [-0.15, -0.1) is 12.4 Å². The minimum Gasteiger partial charge on any atom is -0.364 e. The van der Waals surface area contributed by atoms with Crippen LogP contribution in [0.2, 0.25) is 5.02 Å². The quantitative estimate of drug-likeness (QED) is 0.854. The van der Waals surface area contributed by atoms with Crippen molar-refractivity contribution >= 4 is 41.5 Å². The molecule has 138 valence electrons. The largest absolute Gasteiger partial charge is 0.364 e. The molecule has 0 saturated carbocycles. The van der Waals surface area contributed by atoms with E-state index in [-0.39, 0.29) is 30.3 Å². The highest BCUT2D eigenvalue weighted by Crippen LogP contribution is 2.31. The fraction of sp³-hybridized carbons (Fsp3) is 0.529. The Morgan fingerprint density at radius 1 is 1.36 bits per heavy atom. The first-order valence-corrected chi connectivity index (χ1v) is 8.59. The van der Waals surface area contributed by atoms with Gasteiger partial charge in [0.15, 0.2) is 0 Å². The number of anilines is 1. The first kappa shape index (κ1) is 20.0. The molecule has 0 radical (unpaired) electrons. The van der Waals surface area contributed by atoms with Crippen molar-refractivity contribution in [1.82, 2.24) is 4.90 Å². The van der Waals surface area contributed by atoms with Gasteiger partial charge in [0.1, 0.15) is 12.1 Å². The van der Waals surface area contributed by atoms with Crippen LogP contribution in [-0.4, -0.2) is 55.1 Å². The minimum absolute atomic E-state index is 0. The van der Waals surface area contributed by atoms with Crippen LogP contribution >= 0.6 is 24.0 Å². The summed E-state index contributed by atoms with van der Waals surface area (Å²) in [6, 6.07) is 6.76. The number of amides is 2. The molecule has 6 nitrogen and oxygen atoms in total. The zero-order valence-corrected chi connectivity index (χ0v) is 15.6. The first-order valence-electron chi connectivity index (χ1n) is 8.21. The van der Waals surface area contributed by atoms with Gasteiger partial charge in [-0.2, -0.15) is 0 Å². The molecule has 1 aromatic carbocycles. The normalized spacial score (nSPS) is 25.8. The van der Waals surface area contributed by atoms with E-state index in [1.54, 1.807) is 18.0 Å². The number of para-hydroxylation sites is 1. The number of hydrogen-bond acceptors (Lipinski definition) is 4. The maximum Gasteiger partial charge on any atom is 0.252 e. The molecule has 1 aromatic rings. The van der Waals surface area contributed by atoms with Crippen molar-refractivity contribution in [2.24, 2.45) is 5.73 Å².